The largest absolute Gasteiger partial charge is 0.461 e. The highest BCUT2D eigenvalue weighted by Crippen LogP contribution is 2.25. The van der Waals surface area contributed by atoms with Gasteiger partial charge in [-0.25, -0.2) is 13.1 Å². The van der Waals surface area contributed by atoms with Gasteiger partial charge in [-0.05, 0) is 23.6 Å². The smallest absolute Gasteiger partial charge is 0.307 e. The van der Waals surface area contributed by atoms with E-state index < -0.39 is 16.0 Å². The molecule has 124 valence electrons. The van der Waals surface area contributed by atoms with E-state index in [9.17, 15) is 13.2 Å². The minimum atomic E-state index is -3.57. The molecule has 0 bridgehead atoms. The number of hydrogen-bond acceptors (Lipinski definition) is 5. The molecule has 1 aromatic carbocycles. The van der Waals surface area contributed by atoms with E-state index in [4.69, 9.17) is 27.9 Å². The Labute approximate surface area is 148 Å². The molecule has 5 nitrogen and oxygen atoms in total. The summed E-state index contributed by atoms with van der Waals surface area (Å²) < 4.78 is 31.3. The summed E-state index contributed by atoms with van der Waals surface area (Å²) in [4.78, 5) is 11.7. The monoisotopic (exact) mass is 393 g/mol. The van der Waals surface area contributed by atoms with Crippen molar-refractivity contribution in [1.82, 2.24) is 4.72 Å². The fourth-order valence-electron chi connectivity index (χ4n) is 1.67. The Morgan fingerprint density at radius 1 is 1.17 bits per heavy atom. The number of sulfonamides is 1. The van der Waals surface area contributed by atoms with Gasteiger partial charge < -0.3 is 4.74 Å². The minimum absolute atomic E-state index is 0.0463. The molecule has 1 N–H and O–H groups in total. The van der Waals surface area contributed by atoms with Crippen LogP contribution in [-0.4, -0.2) is 20.9 Å². The first-order valence-electron chi connectivity index (χ1n) is 6.52. The van der Waals surface area contributed by atoms with Crippen molar-refractivity contribution in [2.75, 3.05) is 6.54 Å². The zero-order valence-electron chi connectivity index (χ0n) is 11.8. The highest BCUT2D eigenvalue weighted by Gasteiger charge is 2.15. The van der Waals surface area contributed by atoms with Crippen molar-refractivity contribution in [2.24, 2.45) is 0 Å². The van der Waals surface area contributed by atoms with E-state index in [1.165, 1.54) is 6.07 Å². The maximum atomic E-state index is 11.9. The molecule has 0 spiro atoms. The lowest BCUT2D eigenvalue weighted by Crippen LogP contribution is -2.26. The normalized spacial score (nSPS) is 11.4. The Morgan fingerprint density at radius 2 is 1.87 bits per heavy atom. The molecule has 23 heavy (non-hydrogen) atoms. The number of nitrogens with one attached hydrogen (secondary N) is 1. The van der Waals surface area contributed by atoms with Gasteiger partial charge in [-0.15, -0.1) is 11.3 Å². The summed E-state index contributed by atoms with van der Waals surface area (Å²) in [6.07, 6.45) is -0.0906. The van der Waals surface area contributed by atoms with Crippen molar-refractivity contribution in [2.45, 2.75) is 17.2 Å². The number of ether oxygens (including phenoxy) is 1. The minimum Gasteiger partial charge on any atom is -0.461 e. The lowest BCUT2D eigenvalue weighted by atomic mass is 10.2. The number of benzene rings is 1. The third kappa shape index (κ3) is 5.19. The molecule has 0 atom stereocenters. The van der Waals surface area contributed by atoms with E-state index in [1.807, 2.05) is 0 Å². The lowest BCUT2D eigenvalue weighted by Gasteiger charge is -2.08. The molecule has 0 fully saturated rings. The van der Waals surface area contributed by atoms with Gasteiger partial charge in [0.1, 0.15) is 10.8 Å². The summed E-state index contributed by atoms with van der Waals surface area (Å²) in [7, 11) is -3.57. The molecule has 0 unspecified atom stereocenters. The van der Waals surface area contributed by atoms with E-state index in [1.54, 1.807) is 29.6 Å². The summed E-state index contributed by atoms with van der Waals surface area (Å²) in [5.74, 6) is -0.546. The summed E-state index contributed by atoms with van der Waals surface area (Å²) in [5.41, 5.74) is 0.517. The van der Waals surface area contributed by atoms with Crippen molar-refractivity contribution in [3.8, 4) is 0 Å². The Hall–Kier alpha value is -1.12. The van der Waals surface area contributed by atoms with Crippen LogP contribution in [0.2, 0.25) is 10.0 Å². The second-order valence-electron chi connectivity index (χ2n) is 4.44. The lowest BCUT2D eigenvalue weighted by molar-refractivity contribution is -0.144. The summed E-state index contributed by atoms with van der Waals surface area (Å²) in [6, 6.07) is 8.11. The molecule has 0 aliphatic heterocycles. The zero-order chi connectivity index (χ0) is 16.9. The second kappa shape index (κ2) is 8.12. The number of thiophene rings is 1. The summed E-state index contributed by atoms with van der Waals surface area (Å²) in [6.45, 7) is -0.107. The van der Waals surface area contributed by atoms with Crippen LogP contribution in [-0.2, 0) is 26.2 Å². The fourth-order valence-corrected chi connectivity index (χ4v) is 4.25. The fraction of sp³-hybridized carbons (Fsp3) is 0.214. The predicted octanol–water partition coefficient (Wildman–Crippen LogP) is 3.47. The van der Waals surface area contributed by atoms with E-state index in [-0.39, 0.29) is 23.8 Å². The first-order valence-corrected chi connectivity index (χ1v) is 9.64. The molecule has 1 heterocycles. The van der Waals surface area contributed by atoms with Gasteiger partial charge in [0, 0.05) is 22.2 Å². The van der Waals surface area contributed by atoms with Crippen molar-refractivity contribution < 1.29 is 17.9 Å². The Bertz CT molecular complexity index is 756. The van der Waals surface area contributed by atoms with Crippen LogP contribution in [0.4, 0.5) is 0 Å². The quantitative estimate of drug-likeness (QED) is 0.730. The molecule has 0 radical (unpaired) electrons. The standard InChI is InChI=1S/C14H13Cl2NO4S2/c15-11-3-1-4-12(16)10(11)9-21-13(18)6-7-17-23(19,20)14-5-2-8-22-14/h1-5,8,17H,6-7,9H2. The molecule has 1 aromatic heterocycles. The SMILES string of the molecule is O=C(CCNS(=O)(=O)c1cccs1)OCc1c(Cl)cccc1Cl. The predicted molar refractivity (Wildman–Crippen MR) is 90.4 cm³/mol. The van der Waals surface area contributed by atoms with Gasteiger partial charge in [0.15, 0.2) is 0 Å². The number of carbonyl (C=O) groups excluding carboxylic acids is 1. The second-order valence-corrected chi connectivity index (χ2v) is 8.20. The van der Waals surface area contributed by atoms with Gasteiger partial charge in [-0.1, -0.05) is 35.3 Å². The molecule has 2 aromatic rings. The van der Waals surface area contributed by atoms with Crippen molar-refractivity contribution in [3.63, 3.8) is 0 Å². The van der Waals surface area contributed by atoms with Gasteiger partial charge in [0.25, 0.3) is 0 Å². The number of hydrogen-bond donors (Lipinski definition) is 1. The first-order chi connectivity index (χ1) is 10.9. The van der Waals surface area contributed by atoms with E-state index >= 15 is 0 Å². The molecule has 0 aliphatic carbocycles. The van der Waals surface area contributed by atoms with Crippen LogP contribution >= 0.6 is 34.5 Å². The van der Waals surface area contributed by atoms with Crippen LogP contribution in [0.5, 0.6) is 0 Å². The average Bonchev–Trinajstić information content (AvgIpc) is 3.01. The average molecular weight is 394 g/mol. The van der Waals surface area contributed by atoms with Crippen molar-refractivity contribution in [3.05, 3.63) is 51.3 Å². The molecule has 9 heteroatoms. The maximum Gasteiger partial charge on any atom is 0.307 e. The molecule has 0 saturated heterocycles. The van der Waals surface area contributed by atoms with E-state index in [2.05, 4.69) is 4.72 Å². The van der Waals surface area contributed by atoms with Crippen LogP contribution in [0.25, 0.3) is 0 Å². The molecule has 0 saturated carbocycles. The maximum absolute atomic E-state index is 11.9. The third-order valence-electron chi connectivity index (χ3n) is 2.82. The van der Waals surface area contributed by atoms with Gasteiger partial charge >= 0.3 is 5.97 Å². The highest BCUT2D eigenvalue weighted by atomic mass is 35.5. The third-order valence-corrected chi connectivity index (χ3v) is 6.39. The molecule has 0 amide bonds. The van der Waals surface area contributed by atoms with Crippen LogP contribution in [0.1, 0.15) is 12.0 Å². The number of esters is 1. The van der Waals surface area contributed by atoms with Gasteiger partial charge in [0.05, 0.1) is 6.42 Å². The van der Waals surface area contributed by atoms with Crippen molar-refractivity contribution >= 4 is 50.5 Å². The van der Waals surface area contributed by atoms with Gasteiger partial charge in [-0.3, -0.25) is 4.79 Å². The van der Waals surface area contributed by atoms with Crippen molar-refractivity contribution in [1.29, 1.82) is 0 Å². The molecular formula is C14H13Cl2NO4S2. The number of rotatable bonds is 7. The summed E-state index contributed by atoms with van der Waals surface area (Å²) >= 11 is 13.0. The topological polar surface area (TPSA) is 72.5 Å². The molecule has 0 aliphatic rings. The Balaban J connectivity index is 1.80. The van der Waals surface area contributed by atoms with Gasteiger partial charge in [-0.2, -0.15) is 0 Å². The van der Waals surface area contributed by atoms with Crippen LogP contribution in [0.15, 0.2) is 39.9 Å². The Morgan fingerprint density at radius 3 is 2.48 bits per heavy atom. The van der Waals surface area contributed by atoms with E-state index in [0.29, 0.717) is 15.6 Å². The van der Waals surface area contributed by atoms with Gasteiger partial charge in [0.2, 0.25) is 10.0 Å². The first kappa shape index (κ1) is 18.2. The van der Waals surface area contributed by atoms with Crippen LogP contribution in [0.3, 0.4) is 0 Å². The van der Waals surface area contributed by atoms with Crippen LogP contribution in [0, 0.1) is 0 Å². The number of halogens is 2. The zero-order valence-corrected chi connectivity index (χ0v) is 14.9. The number of carbonyl (C=O) groups is 1. The Kier molecular flexibility index (Phi) is 6.43. The molecule has 2 rings (SSSR count). The van der Waals surface area contributed by atoms with Crippen LogP contribution < -0.4 is 4.72 Å². The van der Waals surface area contributed by atoms with E-state index in [0.717, 1.165) is 11.3 Å². The molecular weight excluding hydrogens is 381 g/mol. The highest BCUT2D eigenvalue weighted by molar-refractivity contribution is 7.91. The summed E-state index contributed by atoms with van der Waals surface area (Å²) in [5, 5.41) is 2.48.